The zero-order chi connectivity index (χ0) is 19.0. The predicted molar refractivity (Wildman–Crippen MR) is 94.1 cm³/mol. The molecule has 2 amide bonds. The third-order valence-electron chi connectivity index (χ3n) is 4.67. The standard InChI is InChI=1S/C18H18ClF2N3O2/c1-9-3-4-15(22-9)18(26)24-6-5-12(10(24)2)17(25)23-11-7-13(19)16(21)14(20)8-11/h3-4,7-8,10,12,22H,5-6H2,1-2H3,(H,23,25)/t10-,12-/m0/s1. The number of benzene rings is 1. The molecule has 8 heteroatoms. The molecule has 0 radical (unpaired) electrons. The van der Waals surface area contributed by atoms with E-state index in [9.17, 15) is 18.4 Å². The molecule has 2 aromatic rings. The van der Waals surface area contributed by atoms with Gasteiger partial charge < -0.3 is 15.2 Å². The normalized spacial score (nSPS) is 19.7. The number of likely N-dealkylation sites (tertiary alicyclic amines) is 1. The van der Waals surface area contributed by atoms with Crippen LogP contribution < -0.4 is 5.32 Å². The molecule has 2 atom stereocenters. The molecular weight excluding hydrogens is 364 g/mol. The molecular formula is C18H18ClF2N3O2. The van der Waals surface area contributed by atoms with Crippen LogP contribution in [0, 0.1) is 24.5 Å². The highest BCUT2D eigenvalue weighted by Crippen LogP contribution is 2.28. The van der Waals surface area contributed by atoms with Crippen LogP contribution in [0.1, 0.15) is 29.5 Å². The van der Waals surface area contributed by atoms with Crippen molar-refractivity contribution in [1.29, 1.82) is 0 Å². The molecule has 3 rings (SSSR count). The summed E-state index contributed by atoms with van der Waals surface area (Å²) in [6.07, 6.45) is 0.482. The second-order valence-electron chi connectivity index (χ2n) is 6.43. The van der Waals surface area contributed by atoms with Crippen molar-refractivity contribution in [1.82, 2.24) is 9.88 Å². The molecule has 0 bridgehead atoms. The Morgan fingerprint density at radius 3 is 2.65 bits per heavy atom. The quantitative estimate of drug-likeness (QED) is 0.795. The Kier molecular flexibility index (Phi) is 5.00. The SMILES string of the molecule is Cc1ccc(C(=O)N2CC[C@H](C(=O)Nc3cc(F)c(F)c(Cl)c3)[C@@H]2C)[nH]1. The number of hydrogen-bond donors (Lipinski definition) is 2. The third-order valence-corrected chi connectivity index (χ3v) is 4.94. The van der Waals surface area contributed by atoms with Gasteiger partial charge in [0, 0.05) is 30.0 Å². The van der Waals surface area contributed by atoms with Crippen molar-refractivity contribution in [2.45, 2.75) is 26.3 Å². The van der Waals surface area contributed by atoms with E-state index in [0.29, 0.717) is 18.7 Å². The molecule has 0 spiro atoms. The molecule has 1 aromatic heterocycles. The van der Waals surface area contributed by atoms with Crippen LogP contribution in [0.5, 0.6) is 0 Å². The van der Waals surface area contributed by atoms with E-state index in [0.717, 1.165) is 17.8 Å². The number of H-pyrrole nitrogens is 1. The van der Waals surface area contributed by atoms with Gasteiger partial charge >= 0.3 is 0 Å². The summed E-state index contributed by atoms with van der Waals surface area (Å²) < 4.78 is 26.7. The fourth-order valence-corrected chi connectivity index (χ4v) is 3.43. The molecule has 2 heterocycles. The summed E-state index contributed by atoms with van der Waals surface area (Å²) >= 11 is 5.60. The Labute approximate surface area is 154 Å². The molecule has 0 unspecified atom stereocenters. The van der Waals surface area contributed by atoms with E-state index < -0.39 is 22.6 Å². The molecule has 1 aliphatic rings. The molecule has 0 aliphatic carbocycles. The van der Waals surface area contributed by atoms with E-state index >= 15 is 0 Å². The first-order chi connectivity index (χ1) is 12.3. The summed E-state index contributed by atoms with van der Waals surface area (Å²) in [5.41, 5.74) is 1.43. The van der Waals surface area contributed by atoms with Crippen LogP contribution in [0.4, 0.5) is 14.5 Å². The lowest BCUT2D eigenvalue weighted by Gasteiger charge is -2.24. The van der Waals surface area contributed by atoms with Crippen molar-refractivity contribution in [3.63, 3.8) is 0 Å². The number of nitrogens with one attached hydrogen (secondary N) is 2. The maximum atomic E-state index is 13.4. The van der Waals surface area contributed by atoms with E-state index in [2.05, 4.69) is 10.3 Å². The van der Waals surface area contributed by atoms with Crippen LogP contribution in [0.25, 0.3) is 0 Å². The molecule has 1 aromatic carbocycles. The molecule has 1 saturated heterocycles. The Morgan fingerprint density at radius 1 is 1.31 bits per heavy atom. The van der Waals surface area contributed by atoms with E-state index in [1.807, 2.05) is 13.0 Å². The van der Waals surface area contributed by atoms with E-state index in [1.165, 1.54) is 0 Å². The van der Waals surface area contributed by atoms with Gasteiger partial charge in [-0.25, -0.2) is 8.78 Å². The summed E-state index contributed by atoms with van der Waals surface area (Å²) in [6.45, 7) is 4.09. The van der Waals surface area contributed by atoms with Crippen molar-refractivity contribution in [3.8, 4) is 0 Å². The zero-order valence-electron chi connectivity index (χ0n) is 14.3. The van der Waals surface area contributed by atoms with Crippen molar-refractivity contribution >= 4 is 29.1 Å². The highest BCUT2D eigenvalue weighted by Gasteiger charge is 2.38. The number of aromatic amines is 1. The second kappa shape index (κ2) is 7.07. The molecule has 5 nitrogen and oxygen atoms in total. The maximum Gasteiger partial charge on any atom is 0.270 e. The Balaban J connectivity index is 1.70. The first-order valence-corrected chi connectivity index (χ1v) is 8.57. The Bertz CT molecular complexity index is 845. The predicted octanol–water partition coefficient (Wildman–Crippen LogP) is 3.74. The summed E-state index contributed by atoms with van der Waals surface area (Å²) in [5, 5.41) is 2.15. The number of aryl methyl sites for hydroxylation is 1. The van der Waals surface area contributed by atoms with Crippen LogP contribution in [-0.4, -0.2) is 34.3 Å². The van der Waals surface area contributed by atoms with Crippen LogP contribution in [0.3, 0.4) is 0 Å². The number of rotatable bonds is 3. The number of carbonyl (C=O) groups is 2. The van der Waals surface area contributed by atoms with Crippen LogP contribution in [-0.2, 0) is 4.79 Å². The highest BCUT2D eigenvalue weighted by atomic mass is 35.5. The zero-order valence-corrected chi connectivity index (χ0v) is 15.0. The fourth-order valence-electron chi connectivity index (χ4n) is 3.22. The average Bonchev–Trinajstić information content (AvgIpc) is 3.18. The lowest BCUT2D eigenvalue weighted by Crippen LogP contribution is -2.39. The lowest BCUT2D eigenvalue weighted by molar-refractivity contribution is -0.120. The van der Waals surface area contributed by atoms with Gasteiger partial charge in [0.2, 0.25) is 5.91 Å². The van der Waals surface area contributed by atoms with Gasteiger partial charge in [0.15, 0.2) is 11.6 Å². The highest BCUT2D eigenvalue weighted by molar-refractivity contribution is 6.31. The van der Waals surface area contributed by atoms with Gasteiger partial charge in [-0.2, -0.15) is 0 Å². The number of anilines is 1. The molecule has 26 heavy (non-hydrogen) atoms. The number of amides is 2. The second-order valence-corrected chi connectivity index (χ2v) is 6.84. The first kappa shape index (κ1) is 18.4. The van der Waals surface area contributed by atoms with Crippen molar-refractivity contribution in [2.24, 2.45) is 5.92 Å². The summed E-state index contributed by atoms with van der Waals surface area (Å²) in [5.74, 6) is -3.28. The van der Waals surface area contributed by atoms with Crippen LogP contribution in [0.15, 0.2) is 24.3 Å². The van der Waals surface area contributed by atoms with E-state index in [-0.39, 0.29) is 23.5 Å². The maximum absolute atomic E-state index is 13.4. The van der Waals surface area contributed by atoms with Crippen molar-refractivity contribution in [2.75, 3.05) is 11.9 Å². The van der Waals surface area contributed by atoms with Gasteiger partial charge in [-0.05, 0) is 38.5 Å². The molecule has 1 fully saturated rings. The first-order valence-electron chi connectivity index (χ1n) is 8.20. The lowest BCUT2D eigenvalue weighted by atomic mass is 10.0. The van der Waals surface area contributed by atoms with E-state index in [4.69, 9.17) is 11.6 Å². The summed E-state index contributed by atoms with van der Waals surface area (Å²) in [6, 6.07) is 5.23. The van der Waals surface area contributed by atoms with Gasteiger partial charge in [0.25, 0.3) is 5.91 Å². The van der Waals surface area contributed by atoms with Crippen LogP contribution in [0.2, 0.25) is 5.02 Å². The average molecular weight is 382 g/mol. The van der Waals surface area contributed by atoms with Crippen molar-refractivity contribution < 1.29 is 18.4 Å². The van der Waals surface area contributed by atoms with Gasteiger partial charge in [-0.3, -0.25) is 9.59 Å². The fraction of sp³-hybridized carbons (Fsp3) is 0.333. The summed E-state index contributed by atoms with van der Waals surface area (Å²) in [4.78, 5) is 29.7. The molecule has 2 N–H and O–H groups in total. The van der Waals surface area contributed by atoms with Crippen molar-refractivity contribution in [3.05, 3.63) is 52.3 Å². The van der Waals surface area contributed by atoms with E-state index in [1.54, 1.807) is 17.9 Å². The molecule has 1 aliphatic heterocycles. The number of nitrogens with zero attached hydrogens (tertiary/aromatic N) is 1. The van der Waals surface area contributed by atoms with Gasteiger partial charge in [-0.1, -0.05) is 11.6 Å². The molecule has 138 valence electrons. The topological polar surface area (TPSA) is 65.2 Å². The number of aromatic nitrogens is 1. The van der Waals surface area contributed by atoms with Gasteiger partial charge in [-0.15, -0.1) is 0 Å². The minimum Gasteiger partial charge on any atom is -0.355 e. The Morgan fingerprint density at radius 2 is 2.04 bits per heavy atom. The minimum atomic E-state index is -1.16. The van der Waals surface area contributed by atoms with Crippen LogP contribution >= 0.6 is 11.6 Å². The third kappa shape index (κ3) is 3.44. The molecule has 0 saturated carbocycles. The Hall–Kier alpha value is -2.41. The smallest absolute Gasteiger partial charge is 0.270 e. The van der Waals surface area contributed by atoms with Gasteiger partial charge in [0.05, 0.1) is 10.9 Å². The minimum absolute atomic E-state index is 0.0795. The number of halogens is 3. The number of hydrogen-bond acceptors (Lipinski definition) is 2. The summed E-state index contributed by atoms with van der Waals surface area (Å²) in [7, 11) is 0. The van der Waals surface area contributed by atoms with Gasteiger partial charge in [0.1, 0.15) is 5.69 Å². The number of carbonyl (C=O) groups excluding carboxylic acids is 2. The monoisotopic (exact) mass is 381 g/mol. The largest absolute Gasteiger partial charge is 0.355 e.